The Hall–Kier alpha value is 0.317. The van der Waals surface area contributed by atoms with Gasteiger partial charge >= 0.3 is 0 Å². The Morgan fingerprint density at radius 1 is 0.682 bits per heavy atom. The Kier molecular flexibility index (Phi) is 24.3. The van der Waals surface area contributed by atoms with E-state index in [0.29, 0.717) is 0 Å². The molecule has 0 bridgehead atoms. The van der Waals surface area contributed by atoms with Crippen LogP contribution in [-0.2, 0) is 25.8 Å². The van der Waals surface area contributed by atoms with Crippen LogP contribution >= 0.6 is 0 Å². The third kappa shape index (κ3) is 42.7. The number of aliphatic hydroxyl groups excluding tert-OH is 3. The second-order valence-electron chi connectivity index (χ2n) is 6.70. The number of hydrogen-bond donors (Lipinski definition) is 3. The molecule has 0 spiro atoms. The minimum atomic E-state index is -0.981. The first-order valence-corrected chi connectivity index (χ1v) is 11.1. The van der Waals surface area contributed by atoms with Crippen molar-refractivity contribution in [3.05, 3.63) is 24.3 Å². The summed E-state index contributed by atoms with van der Waals surface area (Å²) in [4.78, 5) is 0. The Balaban J connectivity index is -0.000000107. The van der Waals surface area contributed by atoms with Gasteiger partial charge in [-0.3, -0.25) is 0 Å². The summed E-state index contributed by atoms with van der Waals surface area (Å²) in [5.74, 6) is 0. The average Bonchev–Trinajstić information content (AvgIpc) is 2.64. The molecule has 0 unspecified atom stereocenters. The molecule has 0 fully saturated rings. The van der Waals surface area contributed by atoms with E-state index in [1.807, 2.05) is 0 Å². The maximum atomic E-state index is 8.06. The van der Waals surface area contributed by atoms with E-state index in [0.717, 1.165) is 0 Å². The van der Waals surface area contributed by atoms with Crippen LogP contribution in [0, 0.1) is 0 Å². The molecule has 22 heavy (non-hydrogen) atoms. The fourth-order valence-electron chi connectivity index (χ4n) is 0.874. The van der Waals surface area contributed by atoms with Crippen LogP contribution < -0.4 is 5.19 Å². The summed E-state index contributed by atoms with van der Waals surface area (Å²) in [5, 5.41) is 25.7. The van der Waals surface area contributed by atoms with Gasteiger partial charge in [0.1, 0.15) is 0 Å². The molecule has 0 aromatic heterocycles. The average molecular weight is 496 g/mol. The fraction of sp³-hybridized carbons (Fsp3) is 0.706. The predicted molar refractivity (Wildman–Crippen MR) is 97.1 cm³/mol. The molecule has 0 aliphatic rings. The quantitative estimate of drug-likeness (QED) is 0.414. The topological polar surface area (TPSA) is 60.7 Å². The van der Waals surface area contributed by atoms with E-state index < -0.39 is 8.07 Å². The fourth-order valence-corrected chi connectivity index (χ4v) is 2.07. The second-order valence-corrected chi connectivity index (χ2v) is 11.8. The van der Waals surface area contributed by atoms with E-state index in [1.54, 1.807) is 46.7 Å². The van der Waals surface area contributed by atoms with Gasteiger partial charge in [-0.25, -0.2) is 12.1 Å². The van der Waals surface area contributed by atoms with Crippen LogP contribution in [0.25, 0.3) is 0 Å². The van der Waals surface area contributed by atoms with E-state index in [2.05, 4.69) is 43.9 Å². The van der Waals surface area contributed by atoms with Gasteiger partial charge in [-0.1, -0.05) is 19.6 Å². The van der Waals surface area contributed by atoms with Crippen LogP contribution in [0.5, 0.6) is 0 Å². The van der Waals surface area contributed by atoms with E-state index in [4.69, 9.17) is 15.3 Å². The van der Waals surface area contributed by atoms with Gasteiger partial charge in [0, 0.05) is 52.2 Å². The first kappa shape index (κ1) is 30.2. The summed E-state index contributed by atoms with van der Waals surface area (Å²) in [6.07, 6.45) is -0.500. The Morgan fingerprint density at radius 2 is 0.864 bits per heavy atom. The maximum Gasteiger partial charge on any atom is 0.0483 e. The van der Waals surface area contributed by atoms with E-state index in [1.165, 1.54) is 0 Å². The van der Waals surface area contributed by atoms with Gasteiger partial charge in [-0.15, -0.1) is 0 Å². The van der Waals surface area contributed by atoms with Crippen molar-refractivity contribution in [2.75, 3.05) is 0 Å². The minimum Gasteiger partial charge on any atom is -0.394 e. The molecule has 1 rings (SSSR count). The summed E-state index contributed by atoms with van der Waals surface area (Å²) < 4.78 is 0. The first-order valence-electron chi connectivity index (χ1n) is 7.57. The van der Waals surface area contributed by atoms with Crippen molar-refractivity contribution < 1.29 is 41.2 Å². The zero-order valence-corrected chi connectivity index (χ0v) is 20.5. The summed E-state index contributed by atoms with van der Waals surface area (Å²) in [7, 11) is -0.981. The minimum absolute atomic E-state index is 0. The Bertz CT molecular complexity index is 269. The van der Waals surface area contributed by atoms with Gasteiger partial charge in [-0.05, 0) is 41.5 Å². The molecule has 0 aliphatic heterocycles. The summed E-state index contributed by atoms with van der Waals surface area (Å²) in [6.45, 7) is 17.4. The van der Waals surface area contributed by atoms with Crippen molar-refractivity contribution in [1.29, 1.82) is 0 Å². The molecule has 3 N–H and O–H groups in total. The van der Waals surface area contributed by atoms with Crippen molar-refractivity contribution in [2.24, 2.45) is 0 Å². The van der Waals surface area contributed by atoms with Gasteiger partial charge in [0.15, 0.2) is 0 Å². The second kappa shape index (κ2) is 17.7. The molecule has 0 heterocycles. The molecule has 1 aromatic carbocycles. The third-order valence-electron chi connectivity index (χ3n) is 1.53. The number of rotatable bonds is 1. The molecule has 0 amide bonds. The van der Waals surface area contributed by atoms with Gasteiger partial charge in [0.2, 0.25) is 0 Å². The molecule has 0 atom stereocenters. The molecule has 0 aliphatic carbocycles. The maximum absolute atomic E-state index is 8.06. The molecule has 5 heteroatoms. The van der Waals surface area contributed by atoms with Gasteiger partial charge in [0.25, 0.3) is 0 Å². The summed E-state index contributed by atoms with van der Waals surface area (Å²) in [5.41, 5.74) is 0. The first-order chi connectivity index (χ1) is 9.30. The van der Waals surface area contributed by atoms with E-state index in [9.17, 15) is 0 Å². The molecule has 0 saturated carbocycles. The van der Waals surface area contributed by atoms with Crippen LogP contribution in [0.15, 0.2) is 24.3 Å². The summed E-state index contributed by atoms with van der Waals surface area (Å²) in [6, 6.07) is 8.69. The molecule has 1 aromatic rings. The molecule has 132 valence electrons. The van der Waals surface area contributed by atoms with Crippen LogP contribution in [0.3, 0.4) is 0 Å². The van der Waals surface area contributed by atoms with E-state index >= 15 is 0 Å². The Labute approximate surface area is 157 Å². The van der Waals surface area contributed by atoms with Crippen LogP contribution in [0.4, 0.5) is 0 Å². The van der Waals surface area contributed by atoms with E-state index in [-0.39, 0.29) is 44.2 Å². The zero-order chi connectivity index (χ0) is 17.6. The normalized spacial score (nSPS) is 9.77. The van der Waals surface area contributed by atoms with Gasteiger partial charge < -0.3 is 15.3 Å². The third-order valence-corrected chi connectivity index (χ3v) is 3.59. The van der Waals surface area contributed by atoms with Crippen LogP contribution in [0.1, 0.15) is 41.5 Å². The molecule has 0 saturated heterocycles. The van der Waals surface area contributed by atoms with Crippen molar-refractivity contribution in [3.63, 3.8) is 0 Å². The van der Waals surface area contributed by atoms with Crippen molar-refractivity contribution >= 4 is 13.3 Å². The largest absolute Gasteiger partial charge is 0.394 e. The molecule has 3 nitrogen and oxygen atoms in total. The van der Waals surface area contributed by atoms with Crippen molar-refractivity contribution in [2.45, 2.75) is 79.5 Å². The smallest absolute Gasteiger partial charge is 0.0483 e. The van der Waals surface area contributed by atoms with Gasteiger partial charge in [0.05, 0.1) is 0 Å². The van der Waals surface area contributed by atoms with Crippen LogP contribution in [0.2, 0.25) is 19.6 Å². The molecular weight excluding hydrogens is 459 g/mol. The van der Waals surface area contributed by atoms with Crippen LogP contribution in [-0.4, -0.2) is 41.7 Å². The number of aliphatic hydroxyl groups is 3. The monoisotopic (exact) mass is 497 g/mol. The standard InChI is InChI=1S/C8H13Si.3C3H8O.Hf/c1-9(2,3)8-6-4-5-7-8;3*1-3(2)4;/h4-7H,1-3H3;3*3-4H,1-2H3;/q-1;;;;. The van der Waals surface area contributed by atoms with Crippen molar-refractivity contribution in [1.82, 2.24) is 0 Å². The number of hydrogen-bond acceptors (Lipinski definition) is 3. The Morgan fingerprint density at radius 3 is 0.955 bits per heavy atom. The molecular formula is C17H37HfO3Si-. The SMILES string of the molecule is CC(C)O.CC(C)O.CC(C)O.C[Si](C)(C)[c-]1cccc1.[Hf]. The van der Waals surface area contributed by atoms with Crippen molar-refractivity contribution in [3.8, 4) is 0 Å². The van der Waals surface area contributed by atoms with Gasteiger partial charge in [-0.2, -0.15) is 17.3 Å². The zero-order valence-electron chi connectivity index (χ0n) is 15.9. The molecule has 0 radical (unpaired) electrons. The summed E-state index contributed by atoms with van der Waals surface area (Å²) >= 11 is 0. The predicted octanol–water partition coefficient (Wildman–Crippen LogP) is 3.11.